The summed E-state index contributed by atoms with van der Waals surface area (Å²) in [5.41, 5.74) is 17.7. The fraction of sp³-hybridized carbons (Fsp3) is 0.227. The van der Waals surface area contributed by atoms with E-state index in [2.05, 4.69) is 10.3 Å². The van der Waals surface area contributed by atoms with Gasteiger partial charge in [0.25, 0.3) is 5.91 Å². The molecule has 9 nitrogen and oxygen atoms in total. The topological polar surface area (TPSA) is 152 Å². The van der Waals surface area contributed by atoms with Crippen molar-refractivity contribution in [1.82, 2.24) is 19.7 Å². The van der Waals surface area contributed by atoms with Crippen molar-refractivity contribution in [3.05, 3.63) is 82.1 Å². The van der Waals surface area contributed by atoms with Gasteiger partial charge in [-0.3, -0.25) is 10.2 Å². The highest BCUT2D eigenvalue weighted by atomic mass is 16.2. The molecule has 0 saturated carbocycles. The number of hydrogen-bond acceptors (Lipinski definition) is 6. The van der Waals surface area contributed by atoms with Crippen LogP contribution in [0.1, 0.15) is 33.5 Å². The van der Waals surface area contributed by atoms with Gasteiger partial charge in [0.1, 0.15) is 17.2 Å². The minimum atomic E-state index is -0.421. The number of nitrogens with zero attached hydrogens (tertiary/aromatic N) is 3. The number of imidazole rings is 1. The zero-order chi connectivity index (χ0) is 22.7. The molecule has 1 aromatic carbocycles. The van der Waals surface area contributed by atoms with E-state index in [9.17, 15) is 4.79 Å². The molecule has 0 radical (unpaired) electrons. The molecule has 0 aliphatic heterocycles. The summed E-state index contributed by atoms with van der Waals surface area (Å²) in [4.78, 5) is 17.0. The standard InChI is InChI=1S/C22H28N8O/c1-13-5-4-6-29-10-17(28-21(13)29)11-30(26)12-19(23)22(31)27-9-18-14(2)7-16(20(24)25)8-15(18)3/h4-8,10,12H,9,11,23,26H2,1-3H3,(H3,24,25)(H,27,31)/b19-12-. The molecule has 0 aliphatic carbocycles. The molecular weight excluding hydrogens is 392 g/mol. The van der Waals surface area contributed by atoms with Gasteiger partial charge in [0.15, 0.2) is 0 Å². The number of pyridine rings is 1. The van der Waals surface area contributed by atoms with Gasteiger partial charge < -0.3 is 26.2 Å². The van der Waals surface area contributed by atoms with Crippen LogP contribution >= 0.6 is 0 Å². The zero-order valence-electron chi connectivity index (χ0n) is 17.9. The highest BCUT2D eigenvalue weighted by Gasteiger charge is 2.12. The first-order valence-corrected chi connectivity index (χ1v) is 9.80. The van der Waals surface area contributed by atoms with Gasteiger partial charge in [-0.2, -0.15) is 0 Å². The number of nitrogens with one attached hydrogen (secondary N) is 2. The largest absolute Gasteiger partial charge is 0.393 e. The molecule has 2 aromatic heterocycles. The zero-order valence-corrected chi connectivity index (χ0v) is 17.9. The molecule has 9 heteroatoms. The average molecular weight is 421 g/mol. The van der Waals surface area contributed by atoms with E-state index in [0.717, 1.165) is 33.6 Å². The Bertz CT molecular complexity index is 1150. The molecule has 3 rings (SSSR count). The van der Waals surface area contributed by atoms with Crippen LogP contribution in [0.15, 0.2) is 48.6 Å². The third-order valence-corrected chi connectivity index (χ3v) is 5.07. The predicted octanol–water partition coefficient (Wildman–Crippen LogP) is 1.34. The Balaban J connectivity index is 1.63. The highest BCUT2D eigenvalue weighted by Crippen LogP contribution is 2.16. The van der Waals surface area contributed by atoms with Crippen molar-refractivity contribution in [2.45, 2.75) is 33.9 Å². The Labute approximate surface area is 181 Å². The van der Waals surface area contributed by atoms with Crippen LogP contribution in [0.2, 0.25) is 0 Å². The van der Waals surface area contributed by atoms with Gasteiger partial charge in [-0.1, -0.05) is 6.07 Å². The Morgan fingerprint density at radius 1 is 1.23 bits per heavy atom. The number of fused-ring (bicyclic) bond motifs is 1. The van der Waals surface area contributed by atoms with Crippen LogP contribution in [0, 0.1) is 26.2 Å². The normalized spacial score (nSPS) is 11.5. The molecule has 8 N–H and O–H groups in total. The fourth-order valence-corrected chi connectivity index (χ4v) is 3.45. The van der Waals surface area contributed by atoms with Gasteiger partial charge in [0.2, 0.25) is 0 Å². The van der Waals surface area contributed by atoms with Crippen molar-refractivity contribution in [2.24, 2.45) is 17.3 Å². The summed E-state index contributed by atoms with van der Waals surface area (Å²) in [5, 5.41) is 11.7. The quantitative estimate of drug-likeness (QED) is 0.128. The Morgan fingerprint density at radius 2 is 1.90 bits per heavy atom. The highest BCUT2D eigenvalue weighted by molar-refractivity contribution is 5.95. The summed E-state index contributed by atoms with van der Waals surface area (Å²) in [6, 6.07) is 7.60. The number of carbonyl (C=O) groups is 1. The summed E-state index contributed by atoms with van der Waals surface area (Å²) in [6.45, 7) is 6.43. The molecule has 3 aromatic rings. The van der Waals surface area contributed by atoms with Gasteiger partial charge in [-0.15, -0.1) is 0 Å². The third kappa shape index (κ3) is 5.01. The Morgan fingerprint density at radius 3 is 2.52 bits per heavy atom. The maximum absolute atomic E-state index is 12.4. The lowest BCUT2D eigenvalue weighted by molar-refractivity contribution is -0.117. The van der Waals surface area contributed by atoms with Crippen LogP contribution < -0.4 is 22.6 Å². The summed E-state index contributed by atoms with van der Waals surface area (Å²) < 4.78 is 1.93. The lowest BCUT2D eigenvalue weighted by atomic mass is 9.99. The lowest BCUT2D eigenvalue weighted by Crippen LogP contribution is -2.33. The molecule has 0 aliphatic rings. The van der Waals surface area contributed by atoms with E-state index < -0.39 is 5.91 Å². The summed E-state index contributed by atoms with van der Waals surface area (Å²) in [5.74, 6) is 5.61. The van der Waals surface area contributed by atoms with Crippen molar-refractivity contribution < 1.29 is 4.79 Å². The molecular formula is C22H28N8O. The number of aryl methyl sites for hydroxylation is 3. The van der Waals surface area contributed by atoms with Gasteiger partial charge in [0, 0.05) is 30.7 Å². The molecule has 162 valence electrons. The van der Waals surface area contributed by atoms with Crippen molar-refractivity contribution in [3.63, 3.8) is 0 Å². The monoisotopic (exact) mass is 420 g/mol. The summed E-state index contributed by atoms with van der Waals surface area (Å²) >= 11 is 0. The van der Waals surface area contributed by atoms with Crippen molar-refractivity contribution >= 4 is 17.4 Å². The second kappa shape index (κ2) is 8.88. The summed E-state index contributed by atoms with van der Waals surface area (Å²) in [7, 11) is 0. The number of rotatable bonds is 7. The number of nitrogens with two attached hydrogens (primary N) is 3. The first-order valence-electron chi connectivity index (χ1n) is 9.80. The maximum atomic E-state index is 12.4. The minimum Gasteiger partial charge on any atom is -0.393 e. The second-order valence-corrected chi connectivity index (χ2v) is 7.60. The molecule has 0 bridgehead atoms. The van der Waals surface area contributed by atoms with E-state index in [-0.39, 0.29) is 11.5 Å². The van der Waals surface area contributed by atoms with Crippen LogP contribution in [0.4, 0.5) is 0 Å². The van der Waals surface area contributed by atoms with Crippen molar-refractivity contribution in [1.29, 1.82) is 5.41 Å². The number of hydrogen-bond donors (Lipinski definition) is 5. The minimum absolute atomic E-state index is 0.00175. The van der Waals surface area contributed by atoms with Crippen LogP contribution in [0.25, 0.3) is 5.65 Å². The molecule has 2 heterocycles. The number of amides is 1. The Hall–Kier alpha value is -3.85. The number of aromatic nitrogens is 2. The van der Waals surface area contributed by atoms with Gasteiger partial charge in [-0.05, 0) is 61.2 Å². The van der Waals surface area contributed by atoms with Crippen LogP contribution in [-0.4, -0.2) is 26.1 Å². The van der Waals surface area contributed by atoms with E-state index >= 15 is 0 Å². The first-order chi connectivity index (χ1) is 14.7. The predicted molar refractivity (Wildman–Crippen MR) is 121 cm³/mol. The lowest BCUT2D eigenvalue weighted by Gasteiger charge is -2.15. The van der Waals surface area contributed by atoms with Crippen LogP contribution in [0.5, 0.6) is 0 Å². The molecule has 31 heavy (non-hydrogen) atoms. The molecule has 0 fully saturated rings. The number of amidine groups is 1. The van der Waals surface area contributed by atoms with E-state index in [1.807, 2.05) is 61.8 Å². The molecule has 0 atom stereocenters. The first kappa shape index (κ1) is 21.8. The fourth-order valence-electron chi connectivity index (χ4n) is 3.45. The molecule has 0 saturated heterocycles. The van der Waals surface area contributed by atoms with Gasteiger partial charge in [-0.25, -0.2) is 10.8 Å². The number of benzene rings is 1. The van der Waals surface area contributed by atoms with E-state index in [4.69, 9.17) is 22.7 Å². The smallest absolute Gasteiger partial charge is 0.268 e. The number of nitrogen functional groups attached to an aromatic ring is 1. The third-order valence-electron chi connectivity index (χ3n) is 5.07. The molecule has 0 unspecified atom stereocenters. The maximum Gasteiger partial charge on any atom is 0.268 e. The second-order valence-electron chi connectivity index (χ2n) is 7.60. The van der Waals surface area contributed by atoms with Gasteiger partial charge in [0.05, 0.1) is 12.2 Å². The van der Waals surface area contributed by atoms with Crippen LogP contribution in [0.3, 0.4) is 0 Å². The Kier molecular flexibility index (Phi) is 6.26. The van der Waals surface area contributed by atoms with Gasteiger partial charge >= 0.3 is 0 Å². The van der Waals surface area contributed by atoms with Crippen LogP contribution in [-0.2, 0) is 17.9 Å². The number of hydrazine groups is 1. The SMILES string of the molecule is Cc1cc(C(=N)N)cc(C)c1CNC(=O)/C(N)=C/N(N)Cc1cn2cccc(C)c2n1. The van der Waals surface area contributed by atoms with Crippen molar-refractivity contribution in [3.8, 4) is 0 Å². The van der Waals surface area contributed by atoms with E-state index in [1.165, 1.54) is 11.2 Å². The molecule has 1 amide bonds. The van der Waals surface area contributed by atoms with Crippen molar-refractivity contribution in [2.75, 3.05) is 0 Å². The summed E-state index contributed by atoms with van der Waals surface area (Å²) in [6.07, 6.45) is 5.21. The number of carbonyl (C=O) groups excluding carboxylic acids is 1. The van der Waals surface area contributed by atoms with E-state index in [0.29, 0.717) is 18.7 Å². The van der Waals surface area contributed by atoms with E-state index in [1.54, 1.807) is 0 Å². The molecule has 0 spiro atoms. The average Bonchev–Trinajstić information content (AvgIpc) is 3.10.